The molecule has 0 spiro atoms. The number of rotatable bonds is 5. The van der Waals surface area contributed by atoms with Gasteiger partial charge in [0, 0.05) is 28.9 Å². The van der Waals surface area contributed by atoms with Gasteiger partial charge in [-0.1, -0.05) is 22.0 Å². The van der Waals surface area contributed by atoms with E-state index in [2.05, 4.69) is 15.9 Å². The standard InChI is InChI=1S/C12H12BrNO3/c13-11-7-10(14(16)17)5-3-8(11)4-6-12(15)9-1-2-9/h3,5,7,9H,1-2,4,6H2. The molecule has 17 heavy (non-hydrogen) atoms. The van der Waals surface area contributed by atoms with Crippen molar-refractivity contribution in [1.82, 2.24) is 0 Å². The van der Waals surface area contributed by atoms with Gasteiger partial charge in [0.05, 0.1) is 4.92 Å². The zero-order chi connectivity index (χ0) is 12.4. The fraction of sp³-hybridized carbons (Fsp3) is 0.417. The summed E-state index contributed by atoms with van der Waals surface area (Å²) in [5.41, 5.74) is 1.01. The average molecular weight is 298 g/mol. The summed E-state index contributed by atoms with van der Waals surface area (Å²) in [4.78, 5) is 21.7. The molecule has 90 valence electrons. The van der Waals surface area contributed by atoms with E-state index in [9.17, 15) is 14.9 Å². The van der Waals surface area contributed by atoms with Crippen LogP contribution >= 0.6 is 15.9 Å². The van der Waals surface area contributed by atoms with Crippen LogP contribution in [0.1, 0.15) is 24.8 Å². The largest absolute Gasteiger partial charge is 0.299 e. The van der Waals surface area contributed by atoms with Crippen molar-refractivity contribution in [3.05, 3.63) is 38.3 Å². The number of ketones is 1. The number of nitro groups is 1. The topological polar surface area (TPSA) is 60.2 Å². The minimum atomic E-state index is -0.427. The van der Waals surface area contributed by atoms with Crippen LogP contribution < -0.4 is 0 Å². The highest BCUT2D eigenvalue weighted by Gasteiger charge is 2.28. The lowest BCUT2D eigenvalue weighted by atomic mass is 10.1. The summed E-state index contributed by atoms with van der Waals surface area (Å²) in [6, 6.07) is 4.67. The second kappa shape index (κ2) is 4.96. The second-order valence-electron chi connectivity index (χ2n) is 4.27. The van der Waals surface area contributed by atoms with Gasteiger partial charge < -0.3 is 0 Å². The van der Waals surface area contributed by atoms with Crippen LogP contribution in [-0.2, 0) is 11.2 Å². The van der Waals surface area contributed by atoms with Crippen molar-refractivity contribution >= 4 is 27.4 Å². The zero-order valence-electron chi connectivity index (χ0n) is 9.19. The van der Waals surface area contributed by atoms with Gasteiger partial charge in [-0.3, -0.25) is 14.9 Å². The fourth-order valence-electron chi connectivity index (χ4n) is 1.72. The van der Waals surface area contributed by atoms with E-state index < -0.39 is 4.92 Å². The molecule has 5 heteroatoms. The number of halogens is 1. The van der Waals surface area contributed by atoms with Gasteiger partial charge in [-0.15, -0.1) is 0 Å². The highest BCUT2D eigenvalue weighted by Crippen LogP contribution is 2.32. The Kier molecular flexibility index (Phi) is 3.57. The maximum Gasteiger partial charge on any atom is 0.270 e. The molecule has 0 N–H and O–H groups in total. The lowest BCUT2D eigenvalue weighted by molar-refractivity contribution is -0.384. The van der Waals surface area contributed by atoms with Gasteiger partial charge in [0.25, 0.3) is 5.69 Å². The molecule has 0 aromatic heterocycles. The summed E-state index contributed by atoms with van der Waals surface area (Å²) >= 11 is 3.30. The van der Waals surface area contributed by atoms with Gasteiger partial charge >= 0.3 is 0 Å². The molecule has 0 aliphatic heterocycles. The number of nitrogens with zero attached hydrogens (tertiary/aromatic N) is 1. The zero-order valence-corrected chi connectivity index (χ0v) is 10.8. The quantitative estimate of drug-likeness (QED) is 0.619. The van der Waals surface area contributed by atoms with E-state index in [1.54, 1.807) is 6.07 Å². The van der Waals surface area contributed by atoms with Crippen LogP contribution in [-0.4, -0.2) is 10.7 Å². The summed E-state index contributed by atoms with van der Waals surface area (Å²) in [5.74, 6) is 0.599. The molecule has 1 fully saturated rings. The lowest BCUT2D eigenvalue weighted by Gasteiger charge is -2.03. The molecule has 1 aliphatic carbocycles. The first kappa shape index (κ1) is 12.2. The molecule has 0 unspecified atom stereocenters. The number of aryl methyl sites for hydroxylation is 1. The molecular formula is C12H12BrNO3. The van der Waals surface area contributed by atoms with Crippen LogP contribution in [0.4, 0.5) is 5.69 Å². The maximum atomic E-state index is 11.5. The molecule has 0 heterocycles. The highest BCUT2D eigenvalue weighted by molar-refractivity contribution is 9.10. The number of non-ortho nitro benzene ring substituents is 1. The third kappa shape index (κ3) is 3.12. The van der Waals surface area contributed by atoms with Crippen molar-refractivity contribution < 1.29 is 9.72 Å². The Balaban J connectivity index is 2.00. The minimum Gasteiger partial charge on any atom is -0.299 e. The molecule has 0 saturated heterocycles. The first-order valence-electron chi connectivity index (χ1n) is 5.53. The second-order valence-corrected chi connectivity index (χ2v) is 5.13. The van der Waals surface area contributed by atoms with E-state index in [1.165, 1.54) is 12.1 Å². The Morgan fingerprint density at radius 3 is 2.71 bits per heavy atom. The Bertz CT molecular complexity index is 469. The van der Waals surface area contributed by atoms with Crippen LogP contribution in [0.2, 0.25) is 0 Å². The van der Waals surface area contributed by atoms with Crippen LogP contribution in [0.3, 0.4) is 0 Å². The monoisotopic (exact) mass is 297 g/mol. The lowest BCUT2D eigenvalue weighted by Crippen LogP contribution is -2.02. The Morgan fingerprint density at radius 2 is 2.18 bits per heavy atom. The van der Waals surface area contributed by atoms with Gasteiger partial charge in [0.15, 0.2) is 0 Å². The molecule has 0 radical (unpaired) electrons. The molecule has 1 aliphatic rings. The van der Waals surface area contributed by atoms with E-state index in [-0.39, 0.29) is 11.6 Å². The van der Waals surface area contributed by atoms with Gasteiger partial charge in [-0.2, -0.15) is 0 Å². The SMILES string of the molecule is O=C(CCc1ccc([N+](=O)[O-])cc1Br)C1CC1. The van der Waals surface area contributed by atoms with Crippen molar-refractivity contribution in [3.8, 4) is 0 Å². The molecular weight excluding hydrogens is 286 g/mol. The van der Waals surface area contributed by atoms with Crippen LogP contribution in [0.25, 0.3) is 0 Å². The molecule has 0 atom stereocenters. The number of nitro benzene ring substituents is 1. The van der Waals surface area contributed by atoms with E-state index in [0.29, 0.717) is 23.1 Å². The van der Waals surface area contributed by atoms with Crippen molar-refractivity contribution in [1.29, 1.82) is 0 Å². The smallest absolute Gasteiger partial charge is 0.270 e. The molecule has 2 rings (SSSR count). The predicted octanol–water partition coefficient (Wildman–Crippen LogP) is 3.27. The van der Waals surface area contributed by atoms with E-state index in [0.717, 1.165) is 18.4 Å². The highest BCUT2D eigenvalue weighted by atomic mass is 79.9. The van der Waals surface area contributed by atoms with Crippen LogP contribution in [0.15, 0.2) is 22.7 Å². The maximum absolute atomic E-state index is 11.5. The minimum absolute atomic E-state index is 0.0640. The van der Waals surface area contributed by atoms with Gasteiger partial charge in [-0.05, 0) is 24.8 Å². The average Bonchev–Trinajstić information content (AvgIpc) is 3.10. The van der Waals surface area contributed by atoms with E-state index in [4.69, 9.17) is 0 Å². The molecule has 4 nitrogen and oxygen atoms in total. The van der Waals surface area contributed by atoms with Crippen molar-refractivity contribution in [3.63, 3.8) is 0 Å². The molecule has 1 aromatic carbocycles. The number of Topliss-reactive ketones (excluding diaryl/α,β-unsaturated/α-hetero) is 1. The molecule has 1 saturated carbocycles. The number of hydrogen-bond acceptors (Lipinski definition) is 3. The number of carbonyl (C=O) groups excluding carboxylic acids is 1. The number of hydrogen-bond donors (Lipinski definition) is 0. The summed E-state index contributed by atoms with van der Waals surface area (Å²) in [5, 5.41) is 10.6. The van der Waals surface area contributed by atoms with Crippen molar-refractivity contribution in [2.45, 2.75) is 25.7 Å². The van der Waals surface area contributed by atoms with Gasteiger partial charge in [0.2, 0.25) is 0 Å². The van der Waals surface area contributed by atoms with Gasteiger partial charge in [-0.25, -0.2) is 0 Å². The fourth-order valence-corrected chi connectivity index (χ4v) is 2.28. The third-order valence-electron chi connectivity index (χ3n) is 2.92. The molecule has 0 amide bonds. The first-order chi connectivity index (χ1) is 8.08. The predicted molar refractivity (Wildman–Crippen MR) is 66.8 cm³/mol. The van der Waals surface area contributed by atoms with E-state index >= 15 is 0 Å². The number of benzene rings is 1. The van der Waals surface area contributed by atoms with E-state index in [1.807, 2.05) is 0 Å². The summed E-state index contributed by atoms with van der Waals surface area (Å²) in [6.07, 6.45) is 3.23. The van der Waals surface area contributed by atoms with Crippen LogP contribution in [0, 0.1) is 16.0 Å². The Hall–Kier alpha value is -1.23. The van der Waals surface area contributed by atoms with Gasteiger partial charge in [0.1, 0.15) is 5.78 Å². The first-order valence-corrected chi connectivity index (χ1v) is 6.33. The Labute approximate surface area is 107 Å². The Morgan fingerprint density at radius 1 is 1.47 bits per heavy atom. The molecule has 1 aromatic rings. The van der Waals surface area contributed by atoms with Crippen molar-refractivity contribution in [2.24, 2.45) is 5.92 Å². The van der Waals surface area contributed by atoms with Crippen LogP contribution in [0.5, 0.6) is 0 Å². The van der Waals surface area contributed by atoms with Crippen molar-refractivity contribution in [2.75, 3.05) is 0 Å². The third-order valence-corrected chi connectivity index (χ3v) is 3.66. The summed E-state index contributed by atoms with van der Waals surface area (Å²) in [6.45, 7) is 0. The molecule has 0 bridgehead atoms. The summed E-state index contributed by atoms with van der Waals surface area (Å²) in [7, 11) is 0. The normalized spacial score (nSPS) is 14.6. The number of carbonyl (C=O) groups is 1. The summed E-state index contributed by atoms with van der Waals surface area (Å²) < 4.78 is 0.704.